The molecule has 0 aliphatic carbocycles. The fourth-order valence-corrected chi connectivity index (χ4v) is 4.98. The second kappa shape index (κ2) is 10.0. The summed E-state index contributed by atoms with van der Waals surface area (Å²) in [5, 5.41) is 12.2. The second-order valence-corrected chi connectivity index (χ2v) is 9.37. The number of carbonyl (C=O) groups excluding carboxylic acids is 1. The minimum absolute atomic E-state index is 0.166. The number of methoxy groups -OCH3 is 2. The maximum absolute atomic E-state index is 12.1. The van der Waals surface area contributed by atoms with E-state index >= 15 is 0 Å². The first-order valence-corrected chi connectivity index (χ1v) is 12.1. The number of halogens is 2. The third-order valence-electron chi connectivity index (χ3n) is 6.19. The van der Waals surface area contributed by atoms with Crippen molar-refractivity contribution in [2.75, 3.05) is 32.8 Å². The number of ether oxygens (including phenoxy) is 3. The van der Waals surface area contributed by atoms with Gasteiger partial charge in [0.05, 0.1) is 55.1 Å². The van der Waals surface area contributed by atoms with Gasteiger partial charge in [-0.2, -0.15) is 5.10 Å². The predicted octanol–water partition coefficient (Wildman–Crippen LogP) is 4.14. The molecule has 0 bridgehead atoms. The molecule has 1 aromatic carbocycles. The highest BCUT2D eigenvalue weighted by atomic mass is 35.5. The van der Waals surface area contributed by atoms with E-state index in [4.69, 9.17) is 37.4 Å². The number of amides is 1. The molecule has 2 atom stereocenters. The molecule has 0 radical (unpaired) electrons. The number of aromatic nitrogens is 4. The average Bonchev–Trinajstić information content (AvgIpc) is 3.54. The van der Waals surface area contributed by atoms with Gasteiger partial charge in [0.1, 0.15) is 23.6 Å². The number of hydrogen-bond donors (Lipinski definition) is 2. The van der Waals surface area contributed by atoms with Crippen LogP contribution in [0.3, 0.4) is 0 Å². The Morgan fingerprint density at radius 1 is 1.11 bits per heavy atom. The van der Waals surface area contributed by atoms with Crippen molar-refractivity contribution in [3.63, 3.8) is 0 Å². The van der Waals surface area contributed by atoms with Gasteiger partial charge in [-0.1, -0.05) is 29.8 Å². The predicted molar refractivity (Wildman–Crippen MR) is 142 cm³/mol. The first-order chi connectivity index (χ1) is 17.8. The Morgan fingerprint density at radius 3 is 2.49 bits per heavy atom. The Kier molecular flexibility index (Phi) is 6.80. The molecule has 5 rings (SSSR count). The number of nitrogens with zero attached hydrogens (tertiary/aromatic N) is 4. The van der Waals surface area contributed by atoms with E-state index in [1.54, 1.807) is 23.7 Å². The van der Waals surface area contributed by atoms with E-state index in [2.05, 4.69) is 32.3 Å². The summed E-state index contributed by atoms with van der Waals surface area (Å²) in [6, 6.07) is 5.01. The summed E-state index contributed by atoms with van der Waals surface area (Å²) in [6.45, 7) is 6.18. The van der Waals surface area contributed by atoms with Crippen molar-refractivity contribution in [3.05, 3.63) is 52.9 Å². The van der Waals surface area contributed by atoms with Gasteiger partial charge in [-0.05, 0) is 13.0 Å². The largest absolute Gasteiger partial charge is 0.495 e. The molecule has 1 aliphatic heterocycles. The van der Waals surface area contributed by atoms with Gasteiger partial charge in [-0.25, -0.2) is 14.5 Å². The van der Waals surface area contributed by atoms with Gasteiger partial charge in [0.25, 0.3) is 0 Å². The third-order valence-corrected chi connectivity index (χ3v) is 6.94. The normalized spacial score (nSPS) is 17.2. The topological polar surface area (TPSA) is 112 Å². The Labute approximate surface area is 222 Å². The van der Waals surface area contributed by atoms with Crippen LogP contribution in [-0.4, -0.2) is 65.0 Å². The molecule has 1 aliphatic rings. The highest BCUT2D eigenvalue weighted by molar-refractivity contribution is 6.41. The molecule has 2 unspecified atom stereocenters. The van der Waals surface area contributed by atoms with Gasteiger partial charge in [0, 0.05) is 40.4 Å². The van der Waals surface area contributed by atoms with Crippen molar-refractivity contribution in [2.45, 2.75) is 19.0 Å². The van der Waals surface area contributed by atoms with Crippen LogP contribution in [0.1, 0.15) is 6.92 Å². The van der Waals surface area contributed by atoms with Crippen molar-refractivity contribution >= 4 is 51.5 Å². The Morgan fingerprint density at radius 2 is 1.81 bits per heavy atom. The fourth-order valence-electron chi connectivity index (χ4n) is 4.28. The highest BCUT2D eigenvalue weighted by Crippen LogP contribution is 2.47. The van der Waals surface area contributed by atoms with Crippen LogP contribution in [0.4, 0.5) is 5.82 Å². The third kappa shape index (κ3) is 4.52. The van der Waals surface area contributed by atoms with Crippen LogP contribution in [-0.2, 0) is 9.53 Å². The lowest BCUT2D eigenvalue weighted by Gasteiger charge is -2.21. The quantitative estimate of drug-likeness (QED) is 0.335. The lowest BCUT2D eigenvalue weighted by atomic mass is 10.0. The van der Waals surface area contributed by atoms with Crippen LogP contribution in [0.15, 0.2) is 42.9 Å². The molecule has 3 aromatic heterocycles. The number of benzene rings is 1. The summed E-state index contributed by atoms with van der Waals surface area (Å²) in [6.07, 6.45) is 3.18. The highest BCUT2D eigenvalue weighted by Gasteiger charge is 2.30. The van der Waals surface area contributed by atoms with Crippen LogP contribution in [0, 0.1) is 0 Å². The number of carbonyl (C=O) groups is 1. The number of nitrogens with one attached hydrogen (secondary N) is 2. The van der Waals surface area contributed by atoms with Gasteiger partial charge in [-0.15, -0.1) is 0 Å². The van der Waals surface area contributed by atoms with Crippen molar-refractivity contribution in [2.24, 2.45) is 0 Å². The summed E-state index contributed by atoms with van der Waals surface area (Å²) in [5.41, 5.74) is 2.90. The summed E-state index contributed by atoms with van der Waals surface area (Å²) in [4.78, 5) is 21.2. The van der Waals surface area contributed by atoms with E-state index < -0.39 is 0 Å². The Bertz CT molecular complexity index is 1510. The first kappa shape index (κ1) is 25.1. The van der Waals surface area contributed by atoms with Crippen molar-refractivity contribution in [3.8, 4) is 22.6 Å². The van der Waals surface area contributed by atoms with Gasteiger partial charge >= 0.3 is 0 Å². The molecule has 1 amide bonds. The molecule has 10 nitrogen and oxygen atoms in total. The van der Waals surface area contributed by atoms with Gasteiger partial charge in [0.15, 0.2) is 5.65 Å². The molecule has 0 spiro atoms. The summed E-state index contributed by atoms with van der Waals surface area (Å²) in [5.74, 6) is 1.22. The molecule has 192 valence electrons. The minimum Gasteiger partial charge on any atom is -0.495 e. The molecule has 1 fully saturated rings. The van der Waals surface area contributed by atoms with Gasteiger partial charge < -0.3 is 24.8 Å². The van der Waals surface area contributed by atoms with E-state index in [-0.39, 0.29) is 18.0 Å². The fraction of sp³-hybridized carbons (Fsp3) is 0.280. The summed E-state index contributed by atoms with van der Waals surface area (Å²) >= 11 is 13.4. The standard InChI is InChI=1S/C25H24Cl2N6O4/c1-12(2)25(34)32-16-10-37-9-15(16)31-20-6-17-13(8-28-20)5-14(24-29-11-30-33(17)24)21-22(26)18(35-3)7-19(36-4)23(21)27/h5-8,11,15-16H,1,9-10H2,2-4H3,(H,28,31)(H,32,34). The lowest BCUT2D eigenvalue weighted by Crippen LogP contribution is -2.46. The molecule has 4 heterocycles. The second-order valence-electron chi connectivity index (χ2n) is 8.61. The van der Waals surface area contributed by atoms with E-state index in [0.717, 1.165) is 10.9 Å². The maximum Gasteiger partial charge on any atom is 0.246 e. The zero-order chi connectivity index (χ0) is 26.3. The zero-order valence-corrected chi connectivity index (χ0v) is 21.9. The van der Waals surface area contributed by atoms with Crippen LogP contribution in [0.5, 0.6) is 11.5 Å². The van der Waals surface area contributed by atoms with Crippen LogP contribution < -0.4 is 20.1 Å². The van der Waals surface area contributed by atoms with E-state index in [1.165, 1.54) is 20.5 Å². The van der Waals surface area contributed by atoms with Gasteiger partial charge in [-0.3, -0.25) is 4.79 Å². The first-order valence-electron chi connectivity index (χ1n) is 11.4. The molecule has 12 heteroatoms. The summed E-state index contributed by atoms with van der Waals surface area (Å²) < 4.78 is 18.2. The number of hydrogen-bond acceptors (Lipinski definition) is 8. The molecule has 37 heavy (non-hydrogen) atoms. The number of fused-ring (bicyclic) bond motifs is 3. The smallest absolute Gasteiger partial charge is 0.246 e. The van der Waals surface area contributed by atoms with Crippen molar-refractivity contribution in [1.29, 1.82) is 0 Å². The van der Waals surface area contributed by atoms with E-state index in [1.807, 2.05) is 12.1 Å². The molecule has 2 N–H and O–H groups in total. The number of anilines is 1. The number of rotatable bonds is 7. The molecular weight excluding hydrogens is 519 g/mol. The SMILES string of the molecule is C=C(C)C(=O)NC1COCC1Nc1cc2c(cn1)cc(-c1c(Cl)c(OC)cc(OC)c1Cl)c1ncnn12. The van der Waals surface area contributed by atoms with Gasteiger partial charge in [0.2, 0.25) is 5.91 Å². The van der Waals surface area contributed by atoms with Crippen molar-refractivity contribution < 1.29 is 19.0 Å². The van der Waals surface area contributed by atoms with E-state index in [0.29, 0.717) is 62.9 Å². The molecular formula is C25H24Cl2N6O4. The molecule has 0 saturated carbocycles. The minimum atomic E-state index is -0.220. The van der Waals surface area contributed by atoms with Crippen LogP contribution in [0.2, 0.25) is 10.0 Å². The van der Waals surface area contributed by atoms with Crippen LogP contribution >= 0.6 is 23.2 Å². The van der Waals surface area contributed by atoms with Crippen LogP contribution in [0.25, 0.3) is 27.7 Å². The lowest BCUT2D eigenvalue weighted by molar-refractivity contribution is -0.118. The van der Waals surface area contributed by atoms with Crippen molar-refractivity contribution in [1.82, 2.24) is 24.9 Å². The monoisotopic (exact) mass is 542 g/mol. The summed E-state index contributed by atoms with van der Waals surface area (Å²) in [7, 11) is 3.04. The Hall–Kier alpha value is -3.60. The Balaban J connectivity index is 1.56. The zero-order valence-electron chi connectivity index (χ0n) is 20.3. The van der Waals surface area contributed by atoms with E-state index in [9.17, 15) is 4.79 Å². The average molecular weight is 543 g/mol. The molecule has 4 aromatic rings. The molecule has 1 saturated heterocycles. The maximum atomic E-state index is 12.1. The number of pyridine rings is 2.